The molecule has 0 radical (unpaired) electrons. The summed E-state index contributed by atoms with van der Waals surface area (Å²) in [5, 5.41) is 0.741. The van der Waals surface area contributed by atoms with Crippen molar-refractivity contribution in [3.63, 3.8) is 0 Å². The lowest BCUT2D eigenvalue weighted by Gasteiger charge is -2.37. The highest BCUT2D eigenvalue weighted by Gasteiger charge is 2.25. The quantitative estimate of drug-likeness (QED) is 0.899. The molecule has 0 unspecified atom stereocenters. The first-order chi connectivity index (χ1) is 10.1. The molecule has 2 rings (SSSR count). The van der Waals surface area contributed by atoms with Crippen molar-refractivity contribution >= 4 is 35.0 Å². The maximum atomic E-state index is 12.3. The molecule has 1 atom stereocenters. The number of piperazine rings is 1. The molecule has 0 aromatic heterocycles. The van der Waals surface area contributed by atoms with Crippen molar-refractivity contribution in [2.24, 2.45) is 5.73 Å². The van der Waals surface area contributed by atoms with Gasteiger partial charge in [0.1, 0.15) is 0 Å². The minimum Gasteiger partial charge on any atom is -0.368 e. The Morgan fingerprint density at radius 2 is 2.10 bits per heavy atom. The van der Waals surface area contributed by atoms with Crippen molar-refractivity contribution < 1.29 is 4.79 Å². The van der Waals surface area contributed by atoms with Gasteiger partial charge in [0.05, 0.1) is 6.04 Å². The molecule has 2 N–H and O–H groups in total. The van der Waals surface area contributed by atoms with Crippen LogP contribution in [-0.2, 0) is 4.79 Å². The van der Waals surface area contributed by atoms with Gasteiger partial charge in [0.2, 0.25) is 5.91 Å². The third-order valence-corrected chi connectivity index (χ3v) is 4.59. The number of carbonyl (C=O) groups excluding carboxylic acids is 1. The maximum Gasteiger partial charge on any atom is 0.239 e. The number of hydrogen-bond donors (Lipinski definition) is 1. The summed E-state index contributed by atoms with van der Waals surface area (Å²) in [5.74, 6) is 1.00. The molecule has 1 amide bonds. The summed E-state index contributed by atoms with van der Waals surface area (Å²) in [7, 11) is 0. The lowest BCUT2D eigenvalue weighted by molar-refractivity contribution is -0.132. The fourth-order valence-corrected chi connectivity index (χ4v) is 3.13. The van der Waals surface area contributed by atoms with E-state index in [0.717, 1.165) is 49.1 Å². The number of nitrogens with two attached hydrogens (primary N) is 1. The van der Waals surface area contributed by atoms with Crippen molar-refractivity contribution in [2.75, 3.05) is 43.1 Å². The van der Waals surface area contributed by atoms with E-state index in [1.807, 2.05) is 35.4 Å². The molecule has 1 aromatic rings. The Morgan fingerprint density at radius 1 is 1.38 bits per heavy atom. The third kappa shape index (κ3) is 4.53. The zero-order valence-corrected chi connectivity index (χ0v) is 13.9. The first-order valence-corrected chi connectivity index (χ1v) is 8.93. The normalized spacial score (nSPS) is 16.9. The Bertz CT molecular complexity index is 478. The average molecular weight is 328 g/mol. The predicted molar refractivity (Wildman–Crippen MR) is 91.2 cm³/mol. The molecular weight excluding hydrogens is 306 g/mol. The van der Waals surface area contributed by atoms with Crippen LogP contribution < -0.4 is 10.6 Å². The van der Waals surface area contributed by atoms with Gasteiger partial charge >= 0.3 is 0 Å². The van der Waals surface area contributed by atoms with E-state index in [-0.39, 0.29) is 11.9 Å². The number of carbonyl (C=O) groups is 1. The van der Waals surface area contributed by atoms with E-state index in [4.69, 9.17) is 17.3 Å². The highest BCUT2D eigenvalue weighted by atomic mass is 35.5. The van der Waals surface area contributed by atoms with Crippen LogP contribution in [0.25, 0.3) is 0 Å². The molecule has 0 aliphatic carbocycles. The number of thioether (sulfide) groups is 1. The average Bonchev–Trinajstić information content (AvgIpc) is 2.52. The third-order valence-electron chi connectivity index (χ3n) is 3.71. The lowest BCUT2D eigenvalue weighted by Crippen LogP contribution is -2.53. The van der Waals surface area contributed by atoms with Gasteiger partial charge in [0.15, 0.2) is 0 Å². The van der Waals surface area contributed by atoms with Gasteiger partial charge < -0.3 is 15.5 Å². The zero-order valence-electron chi connectivity index (χ0n) is 12.3. The molecular formula is C15H22ClN3OS. The minimum absolute atomic E-state index is 0.0785. The molecule has 1 aromatic carbocycles. The Labute approximate surface area is 135 Å². The van der Waals surface area contributed by atoms with E-state index in [2.05, 4.69) is 4.90 Å². The molecule has 21 heavy (non-hydrogen) atoms. The van der Waals surface area contributed by atoms with Gasteiger partial charge in [0, 0.05) is 36.9 Å². The number of hydrogen-bond acceptors (Lipinski definition) is 4. The fourth-order valence-electron chi connectivity index (χ4n) is 2.46. The molecule has 4 nitrogen and oxygen atoms in total. The molecule has 1 fully saturated rings. The molecule has 0 spiro atoms. The Kier molecular flexibility index (Phi) is 6.21. The molecule has 1 aliphatic rings. The van der Waals surface area contributed by atoms with Crippen LogP contribution in [-0.4, -0.2) is 55.0 Å². The summed E-state index contributed by atoms with van der Waals surface area (Å²) < 4.78 is 0. The predicted octanol–water partition coefficient (Wildman–Crippen LogP) is 2.07. The Morgan fingerprint density at radius 3 is 2.71 bits per heavy atom. The summed E-state index contributed by atoms with van der Waals surface area (Å²) >= 11 is 7.75. The number of amides is 1. The number of rotatable bonds is 5. The first kappa shape index (κ1) is 16.5. The van der Waals surface area contributed by atoms with Crippen LogP contribution >= 0.6 is 23.4 Å². The van der Waals surface area contributed by atoms with Gasteiger partial charge in [-0.2, -0.15) is 11.8 Å². The molecule has 0 bridgehead atoms. The van der Waals surface area contributed by atoms with Gasteiger partial charge in [-0.05, 0) is 36.6 Å². The number of anilines is 1. The van der Waals surface area contributed by atoms with E-state index in [1.165, 1.54) is 0 Å². The van der Waals surface area contributed by atoms with E-state index < -0.39 is 0 Å². The van der Waals surface area contributed by atoms with Crippen LogP contribution in [0.1, 0.15) is 6.42 Å². The van der Waals surface area contributed by atoms with Crippen LogP contribution in [0.4, 0.5) is 5.69 Å². The fraction of sp³-hybridized carbons (Fsp3) is 0.533. The first-order valence-electron chi connectivity index (χ1n) is 7.15. The smallest absolute Gasteiger partial charge is 0.239 e. The van der Waals surface area contributed by atoms with Gasteiger partial charge in [-0.1, -0.05) is 17.7 Å². The maximum absolute atomic E-state index is 12.3. The SMILES string of the molecule is CSCC[C@@H](N)C(=O)N1CCN(c2cccc(Cl)c2)CC1. The lowest BCUT2D eigenvalue weighted by atomic mass is 10.2. The summed E-state index contributed by atoms with van der Waals surface area (Å²) in [5.41, 5.74) is 7.08. The second kappa shape index (κ2) is 7.92. The van der Waals surface area contributed by atoms with Crippen LogP contribution in [0.3, 0.4) is 0 Å². The van der Waals surface area contributed by atoms with Crippen LogP contribution in [0.2, 0.25) is 5.02 Å². The highest BCUT2D eigenvalue weighted by Crippen LogP contribution is 2.21. The molecule has 0 saturated carbocycles. The molecule has 1 heterocycles. The number of halogens is 1. The van der Waals surface area contributed by atoms with Gasteiger partial charge in [-0.15, -0.1) is 0 Å². The minimum atomic E-state index is -0.366. The molecule has 1 saturated heterocycles. The Hall–Kier alpha value is -0.910. The second-order valence-corrected chi connectivity index (χ2v) is 6.60. The van der Waals surface area contributed by atoms with E-state index >= 15 is 0 Å². The standard InChI is InChI=1S/C15H22ClN3OS/c1-21-10-5-14(17)15(20)19-8-6-18(7-9-19)13-4-2-3-12(16)11-13/h2-4,11,14H,5-10,17H2,1H3/t14-/m1/s1. The highest BCUT2D eigenvalue weighted by molar-refractivity contribution is 7.98. The monoisotopic (exact) mass is 327 g/mol. The summed E-state index contributed by atoms with van der Waals surface area (Å²) in [6, 6.07) is 7.47. The molecule has 6 heteroatoms. The zero-order chi connectivity index (χ0) is 15.2. The number of nitrogens with zero attached hydrogens (tertiary/aromatic N) is 2. The van der Waals surface area contributed by atoms with E-state index in [9.17, 15) is 4.79 Å². The summed E-state index contributed by atoms with van der Waals surface area (Å²) in [6.45, 7) is 3.08. The van der Waals surface area contributed by atoms with E-state index in [1.54, 1.807) is 11.8 Å². The number of benzene rings is 1. The van der Waals surface area contributed by atoms with Gasteiger partial charge in [-0.3, -0.25) is 4.79 Å². The van der Waals surface area contributed by atoms with Crippen molar-refractivity contribution in [3.05, 3.63) is 29.3 Å². The second-order valence-electron chi connectivity index (χ2n) is 5.18. The van der Waals surface area contributed by atoms with E-state index in [0.29, 0.717) is 0 Å². The van der Waals surface area contributed by atoms with Crippen LogP contribution in [0, 0.1) is 0 Å². The van der Waals surface area contributed by atoms with Crippen molar-refractivity contribution in [2.45, 2.75) is 12.5 Å². The van der Waals surface area contributed by atoms with Gasteiger partial charge in [0.25, 0.3) is 0 Å². The molecule has 116 valence electrons. The van der Waals surface area contributed by atoms with Crippen LogP contribution in [0.5, 0.6) is 0 Å². The van der Waals surface area contributed by atoms with Crippen molar-refractivity contribution in [1.82, 2.24) is 4.90 Å². The van der Waals surface area contributed by atoms with Gasteiger partial charge in [-0.25, -0.2) is 0 Å². The Balaban J connectivity index is 1.87. The topological polar surface area (TPSA) is 49.6 Å². The summed E-state index contributed by atoms with van der Waals surface area (Å²) in [6.07, 6.45) is 2.77. The van der Waals surface area contributed by atoms with Crippen LogP contribution in [0.15, 0.2) is 24.3 Å². The van der Waals surface area contributed by atoms with Crippen molar-refractivity contribution in [1.29, 1.82) is 0 Å². The largest absolute Gasteiger partial charge is 0.368 e. The molecule has 1 aliphatic heterocycles. The summed E-state index contributed by atoms with van der Waals surface area (Å²) in [4.78, 5) is 16.4. The van der Waals surface area contributed by atoms with Crippen molar-refractivity contribution in [3.8, 4) is 0 Å².